The summed E-state index contributed by atoms with van der Waals surface area (Å²) in [5.74, 6) is 0.369. The van der Waals surface area contributed by atoms with Crippen LogP contribution in [0, 0.1) is 18.9 Å². The molecule has 7 heavy (non-hydrogen) atoms. The van der Waals surface area contributed by atoms with Crippen LogP contribution in [0.4, 0.5) is 0 Å². The summed E-state index contributed by atoms with van der Waals surface area (Å²) in [5, 5.41) is 0. The van der Waals surface area contributed by atoms with Crippen LogP contribution in [0.3, 0.4) is 0 Å². The third-order valence-corrected chi connectivity index (χ3v) is 1.10. The van der Waals surface area contributed by atoms with E-state index in [1.165, 1.54) is 12.8 Å². The van der Waals surface area contributed by atoms with Crippen LogP contribution in [0.2, 0.25) is 0 Å². The Kier molecular flexibility index (Phi) is 1.31. The molecule has 1 rings (SSSR count). The van der Waals surface area contributed by atoms with E-state index >= 15 is 0 Å². The molecular weight excluding hydrogens is 86.1 g/mol. The zero-order valence-electron chi connectivity index (χ0n) is 4.35. The smallest absolute Gasteiger partial charge is 0.0834 e. The van der Waals surface area contributed by atoms with Gasteiger partial charge < -0.3 is 0 Å². The van der Waals surface area contributed by atoms with Gasteiger partial charge >= 0.3 is 0 Å². The van der Waals surface area contributed by atoms with Gasteiger partial charge in [-0.05, 0) is 13.3 Å². The molecule has 0 aromatic rings. The van der Waals surface area contributed by atoms with Gasteiger partial charge in [0.2, 0.25) is 0 Å². The molecule has 1 heteroatoms. The molecule has 1 aliphatic rings. The molecule has 0 saturated carbocycles. The minimum Gasteiger partial charge on any atom is -0.0834 e. The second-order valence-corrected chi connectivity index (χ2v) is 1.85. The van der Waals surface area contributed by atoms with Gasteiger partial charge in [0.1, 0.15) is 0 Å². The molecule has 37 valence electrons. The van der Waals surface area contributed by atoms with Crippen molar-refractivity contribution in [2.24, 2.45) is 5.92 Å². The van der Waals surface area contributed by atoms with Gasteiger partial charge in [-0.3, -0.25) is 0 Å². The molecule has 0 spiro atoms. The predicted octanol–water partition coefficient (Wildman–Crippen LogP) is 1.56. The van der Waals surface area contributed by atoms with Gasteiger partial charge in [0.15, 0.2) is 0 Å². The summed E-state index contributed by atoms with van der Waals surface area (Å²) in [6, 6.07) is 2.90. The first-order chi connectivity index (χ1) is 3.39. The molecule has 0 aromatic carbocycles. The van der Waals surface area contributed by atoms with Crippen molar-refractivity contribution in [3.05, 3.63) is 11.8 Å². The molecule has 0 amide bonds. The molecule has 0 saturated heterocycles. The van der Waals surface area contributed by atoms with Gasteiger partial charge in [-0.1, -0.05) is 4.85 Å². The van der Waals surface area contributed by atoms with E-state index in [0.717, 1.165) is 6.54 Å². The Bertz CT molecular complexity index is 107. The van der Waals surface area contributed by atoms with Crippen LogP contribution in [-0.2, 0) is 0 Å². The highest BCUT2D eigenvalue weighted by atomic mass is 14.7. The Morgan fingerprint density at radius 2 is 2.57 bits per heavy atom. The average Bonchev–Trinajstić information content (AvgIpc) is 1.69. The first kappa shape index (κ1) is 4.64. The summed E-state index contributed by atoms with van der Waals surface area (Å²) in [6.07, 6.45) is 2.37. The quantitative estimate of drug-likeness (QED) is 0.430. The lowest BCUT2D eigenvalue weighted by atomic mass is 10.1. The average molecular weight is 95.1 g/mol. The van der Waals surface area contributed by atoms with Crippen LogP contribution in [0.1, 0.15) is 12.8 Å². The monoisotopic (exact) mass is 95.1 g/mol. The van der Waals surface area contributed by atoms with Crippen molar-refractivity contribution in [1.82, 2.24) is 0 Å². The third-order valence-electron chi connectivity index (χ3n) is 1.10. The summed E-state index contributed by atoms with van der Waals surface area (Å²) in [4.78, 5) is 3.95. The van der Waals surface area contributed by atoms with E-state index in [2.05, 4.69) is 17.8 Å². The van der Waals surface area contributed by atoms with E-state index < -0.39 is 0 Å². The topological polar surface area (TPSA) is 4.36 Å². The molecule has 1 heterocycles. The lowest BCUT2D eigenvalue weighted by Crippen LogP contribution is -1.95. The molecule has 1 radical (unpaired) electrons. The highest BCUT2D eigenvalue weighted by Crippen LogP contribution is 2.07. The van der Waals surface area contributed by atoms with Gasteiger partial charge in [0.25, 0.3) is 12.6 Å². The second kappa shape index (κ2) is 1.97. The van der Waals surface area contributed by atoms with Gasteiger partial charge in [-0.15, -0.1) is 0 Å². The Morgan fingerprint density at radius 1 is 1.71 bits per heavy atom. The first-order valence-electron chi connectivity index (χ1n) is 2.65. The van der Waals surface area contributed by atoms with E-state index in [9.17, 15) is 0 Å². The van der Waals surface area contributed by atoms with Crippen molar-refractivity contribution in [3.8, 4) is 6.07 Å². The van der Waals surface area contributed by atoms with Gasteiger partial charge in [0.05, 0.1) is 5.92 Å². The van der Waals surface area contributed by atoms with E-state index in [4.69, 9.17) is 0 Å². The number of nitrogens with zero attached hydrogens (tertiary/aromatic N) is 1. The Labute approximate surface area is 44.2 Å². The summed E-state index contributed by atoms with van der Waals surface area (Å²) in [6.45, 7) is 4.76. The molecule has 0 N–H and O–H groups in total. The maximum atomic E-state index is 3.95. The second-order valence-electron chi connectivity index (χ2n) is 1.85. The lowest BCUT2D eigenvalue weighted by molar-refractivity contribution is 0.674. The van der Waals surface area contributed by atoms with E-state index in [0.29, 0.717) is 5.92 Å². The van der Waals surface area contributed by atoms with Crippen LogP contribution >= 0.6 is 0 Å². The van der Waals surface area contributed by atoms with Crippen molar-refractivity contribution in [1.29, 1.82) is 0 Å². The number of hydrogen-bond donors (Lipinski definition) is 0. The molecule has 1 aliphatic heterocycles. The zero-order chi connectivity index (χ0) is 5.11. The van der Waals surface area contributed by atoms with Crippen molar-refractivity contribution >= 4 is 0 Å². The number of rotatable bonds is 0. The Hall–Kier alpha value is -0.510. The molecule has 0 aromatic heterocycles. The largest absolute Gasteiger partial charge is 0.276 e. The van der Waals surface area contributed by atoms with Crippen molar-refractivity contribution < 1.29 is 0 Å². The maximum Gasteiger partial charge on any atom is 0.276 e. The summed E-state index contributed by atoms with van der Waals surface area (Å²) in [5.41, 5.74) is 0. The molecule has 0 fully saturated rings. The first-order valence-corrected chi connectivity index (χ1v) is 2.65. The van der Waals surface area contributed by atoms with Crippen LogP contribution in [-0.4, -0.2) is 6.54 Å². The lowest BCUT2D eigenvalue weighted by Gasteiger charge is -1.93. The summed E-state index contributed by atoms with van der Waals surface area (Å²) in [7, 11) is 0. The van der Waals surface area contributed by atoms with E-state index in [1.807, 2.05) is 0 Å². The fraction of sp³-hybridized carbons (Fsp3) is 0.667. The van der Waals surface area contributed by atoms with Crippen molar-refractivity contribution in [2.45, 2.75) is 12.8 Å². The molecule has 0 bridgehead atoms. The fourth-order valence-electron chi connectivity index (χ4n) is 0.675. The van der Waals surface area contributed by atoms with E-state index in [-0.39, 0.29) is 0 Å². The van der Waals surface area contributed by atoms with Gasteiger partial charge in [-0.25, -0.2) is 0 Å². The van der Waals surface area contributed by atoms with Crippen molar-refractivity contribution in [3.63, 3.8) is 0 Å². The SMILES string of the molecule is [CH2]C1C#[N+]CCC1. The molecular formula is C6H9N+. The minimum atomic E-state index is 0.369. The molecule has 1 nitrogen and oxygen atoms in total. The Morgan fingerprint density at radius 3 is 2.86 bits per heavy atom. The highest BCUT2D eigenvalue weighted by molar-refractivity contribution is 4.98. The third kappa shape index (κ3) is 1.19. The summed E-state index contributed by atoms with van der Waals surface area (Å²) >= 11 is 0. The van der Waals surface area contributed by atoms with Gasteiger partial charge in [-0.2, -0.15) is 0 Å². The Balaban J connectivity index is 2.45. The van der Waals surface area contributed by atoms with Crippen LogP contribution in [0.25, 0.3) is 4.85 Å². The maximum absolute atomic E-state index is 3.95. The standard InChI is InChI=1S/C6H9N/c1-6-3-2-4-7-5-6/h6H,1-4H2/q+1. The minimum absolute atomic E-state index is 0.369. The number of hydrogen-bond acceptors (Lipinski definition) is 0. The van der Waals surface area contributed by atoms with Crippen LogP contribution in [0.5, 0.6) is 0 Å². The molecule has 1 unspecified atom stereocenters. The summed E-state index contributed by atoms with van der Waals surface area (Å²) < 4.78 is 0. The van der Waals surface area contributed by atoms with Crippen LogP contribution < -0.4 is 0 Å². The highest BCUT2D eigenvalue weighted by Gasteiger charge is 2.09. The molecule has 1 atom stereocenters. The van der Waals surface area contributed by atoms with Crippen molar-refractivity contribution in [2.75, 3.05) is 6.54 Å². The van der Waals surface area contributed by atoms with Crippen LogP contribution in [0.15, 0.2) is 0 Å². The zero-order valence-corrected chi connectivity index (χ0v) is 4.35. The molecule has 0 aliphatic carbocycles. The normalized spacial score (nSPS) is 28.4. The van der Waals surface area contributed by atoms with E-state index in [1.54, 1.807) is 0 Å². The predicted molar refractivity (Wildman–Crippen MR) is 30.2 cm³/mol. The van der Waals surface area contributed by atoms with Gasteiger partial charge in [0, 0.05) is 6.42 Å². The fourth-order valence-corrected chi connectivity index (χ4v) is 0.675.